The number of hydrogen-bond acceptors (Lipinski definition) is 3. The number of benzene rings is 1. The Morgan fingerprint density at radius 2 is 2.32 bits per heavy atom. The molecule has 5 heteroatoms. The van der Waals surface area contributed by atoms with Crippen molar-refractivity contribution in [3.05, 3.63) is 28.8 Å². The van der Waals surface area contributed by atoms with Crippen molar-refractivity contribution in [3.8, 4) is 0 Å². The zero-order chi connectivity index (χ0) is 14.0. The number of nitrogens with zero attached hydrogens (tertiary/aromatic N) is 1. The van der Waals surface area contributed by atoms with Gasteiger partial charge in [0.25, 0.3) is 5.91 Å². The van der Waals surface area contributed by atoms with Gasteiger partial charge in [0, 0.05) is 6.54 Å². The lowest BCUT2D eigenvalue weighted by molar-refractivity contribution is -0.0443. The van der Waals surface area contributed by atoms with Gasteiger partial charge in [-0.3, -0.25) is 4.79 Å². The normalized spacial score (nSPS) is 23.4. The summed E-state index contributed by atoms with van der Waals surface area (Å²) in [6.07, 6.45) is 0.907. The van der Waals surface area contributed by atoms with Crippen LogP contribution in [-0.4, -0.2) is 36.1 Å². The summed E-state index contributed by atoms with van der Waals surface area (Å²) in [7, 11) is 0. The van der Waals surface area contributed by atoms with Crippen LogP contribution in [0.3, 0.4) is 0 Å². The third kappa shape index (κ3) is 2.85. The van der Waals surface area contributed by atoms with Gasteiger partial charge in [-0.2, -0.15) is 0 Å². The second-order valence-corrected chi connectivity index (χ2v) is 5.25. The maximum Gasteiger partial charge on any atom is 0.255 e. The molecule has 2 rings (SSSR count). The molecule has 2 atom stereocenters. The van der Waals surface area contributed by atoms with E-state index in [1.807, 2.05) is 18.7 Å². The maximum absolute atomic E-state index is 12.6. The van der Waals surface area contributed by atoms with E-state index < -0.39 is 0 Å². The van der Waals surface area contributed by atoms with E-state index in [0.29, 0.717) is 29.4 Å². The summed E-state index contributed by atoms with van der Waals surface area (Å²) in [4.78, 5) is 14.5. The summed E-state index contributed by atoms with van der Waals surface area (Å²) < 4.78 is 5.60. The van der Waals surface area contributed by atoms with E-state index in [-0.39, 0.29) is 18.1 Å². The van der Waals surface area contributed by atoms with E-state index in [1.165, 1.54) is 0 Å². The Labute approximate surface area is 118 Å². The summed E-state index contributed by atoms with van der Waals surface area (Å²) in [5, 5.41) is 0.335. The van der Waals surface area contributed by atoms with E-state index in [1.54, 1.807) is 18.2 Å². The van der Waals surface area contributed by atoms with Gasteiger partial charge in [-0.15, -0.1) is 0 Å². The average molecular weight is 283 g/mol. The summed E-state index contributed by atoms with van der Waals surface area (Å²) in [6.45, 7) is 5.17. The number of rotatable bonds is 2. The molecule has 1 aliphatic rings. The Morgan fingerprint density at radius 3 is 3.00 bits per heavy atom. The van der Waals surface area contributed by atoms with E-state index in [0.717, 1.165) is 6.42 Å². The Hall–Kier alpha value is -1.26. The van der Waals surface area contributed by atoms with Crippen molar-refractivity contribution in [1.82, 2.24) is 4.90 Å². The molecule has 19 heavy (non-hydrogen) atoms. The standard InChI is InChI=1S/C14H19ClN2O2/c1-3-10-8-19-9(2)7-17(10)14(18)11-5-4-6-12(16)13(11)15/h4-6,9-10H,3,7-8,16H2,1-2H3. The molecule has 1 heterocycles. The third-order valence-corrected chi connectivity index (χ3v) is 3.88. The molecular formula is C14H19ClN2O2. The molecule has 1 aromatic rings. The molecule has 1 aromatic carbocycles. The topological polar surface area (TPSA) is 55.6 Å². The van der Waals surface area contributed by atoms with Crippen LogP contribution in [0.4, 0.5) is 5.69 Å². The number of halogens is 1. The first kappa shape index (κ1) is 14.2. The Bertz CT molecular complexity index is 479. The highest BCUT2D eigenvalue weighted by Gasteiger charge is 2.31. The van der Waals surface area contributed by atoms with Crippen LogP contribution in [0.5, 0.6) is 0 Å². The number of hydrogen-bond donors (Lipinski definition) is 1. The molecule has 104 valence electrons. The Kier molecular flexibility index (Phi) is 4.32. The smallest absolute Gasteiger partial charge is 0.255 e. The van der Waals surface area contributed by atoms with E-state index >= 15 is 0 Å². The fraction of sp³-hybridized carbons (Fsp3) is 0.500. The second-order valence-electron chi connectivity index (χ2n) is 4.87. The summed E-state index contributed by atoms with van der Waals surface area (Å²) in [5.74, 6) is -0.0701. The predicted molar refractivity (Wildman–Crippen MR) is 76.4 cm³/mol. The number of nitrogens with two attached hydrogens (primary N) is 1. The summed E-state index contributed by atoms with van der Waals surface area (Å²) in [6, 6.07) is 5.26. The monoisotopic (exact) mass is 282 g/mol. The van der Waals surface area contributed by atoms with Crippen LogP contribution in [0.1, 0.15) is 30.6 Å². The van der Waals surface area contributed by atoms with E-state index in [2.05, 4.69) is 0 Å². The lowest BCUT2D eigenvalue weighted by atomic mass is 10.1. The SMILES string of the molecule is CCC1COC(C)CN1C(=O)c1cccc(N)c1Cl. The van der Waals surface area contributed by atoms with Gasteiger partial charge in [-0.05, 0) is 25.5 Å². The lowest BCUT2D eigenvalue weighted by Gasteiger charge is -2.38. The van der Waals surface area contributed by atoms with Crippen LogP contribution in [-0.2, 0) is 4.74 Å². The number of carbonyl (C=O) groups excluding carboxylic acids is 1. The molecule has 0 saturated carbocycles. The fourth-order valence-corrected chi connectivity index (χ4v) is 2.51. The van der Waals surface area contributed by atoms with Crippen molar-refractivity contribution in [2.24, 2.45) is 0 Å². The second kappa shape index (κ2) is 5.80. The molecule has 2 unspecified atom stereocenters. The first-order valence-corrected chi connectivity index (χ1v) is 6.89. The Balaban J connectivity index is 2.28. The molecule has 0 aromatic heterocycles. The minimum absolute atomic E-state index is 0.0478. The zero-order valence-electron chi connectivity index (χ0n) is 11.2. The first-order valence-electron chi connectivity index (χ1n) is 6.51. The highest BCUT2D eigenvalue weighted by molar-refractivity contribution is 6.36. The minimum atomic E-state index is -0.0701. The largest absolute Gasteiger partial charge is 0.398 e. The van der Waals surface area contributed by atoms with Crippen molar-refractivity contribution >= 4 is 23.2 Å². The molecule has 4 nitrogen and oxygen atoms in total. The molecular weight excluding hydrogens is 264 g/mol. The van der Waals surface area contributed by atoms with Crippen LogP contribution in [0.15, 0.2) is 18.2 Å². The number of morpholine rings is 1. The molecule has 1 aliphatic heterocycles. The van der Waals surface area contributed by atoms with Gasteiger partial charge in [0.1, 0.15) is 0 Å². The summed E-state index contributed by atoms with van der Waals surface area (Å²) in [5.41, 5.74) is 6.65. The van der Waals surface area contributed by atoms with Crippen LogP contribution < -0.4 is 5.73 Å². The van der Waals surface area contributed by atoms with E-state index in [4.69, 9.17) is 22.1 Å². The van der Waals surface area contributed by atoms with Crippen molar-refractivity contribution in [2.75, 3.05) is 18.9 Å². The van der Waals surface area contributed by atoms with Gasteiger partial charge >= 0.3 is 0 Å². The molecule has 2 N–H and O–H groups in total. The van der Waals surface area contributed by atoms with Gasteiger partial charge in [-0.25, -0.2) is 0 Å². The highest BCUT2D eigenvalue weighted by Crippen LogP contribution is 2.26. The van der Waals surface area contributed by atoms with E-state index in [9.17, 15) is 4.79 Å². The number of carbonyl (C=O) groups is 1. The minimum Gasteiger partial charge on any atom is -0.398 e. The maximum atomic E-state index is 12.6. The van der Waals surface area contributed by atoms with Crippen LogP contribution in [0.25, 0.3) is 0 Å². The highest BCUT2D eigenvalue weighted by atomic mass is 35.5. The van der Waals surface area contributed by atoms with Gasteiger partial charge < -0.3 is 15.4 Å². The summed E-state index contributed by atoms with van der Waals surface area (Å²) >= 11 is 6.13. The molecule has 0 spiro atoms. The van der Waals surface area contributed by atoms with Crippen LogP contribution in [0.2, 0.25) is 5.02 Å². The molecule has 1 amide bonds. The molecule has 0 radical (unpaired) electrons. The molecule has 0 bridgehead atoms. The Morgan fingerprint density at radius 1 is 1.58 bits per heavy atom. The van der Waals surface area contributed by atoms with Crippen LogP contribution >= 0.6 is 11.6 Å². The van der Waals surface area contributed by atoms with Gasteiger partial charge in [0.15, 0.2) is 0 Å². The number of nitrogen functional groups attached to an aromatic ring is 1. The fourth-order valence-electron chi connectivity index (χ4n) is 2.30. The predicted octanol–water partition coefficient (Wildman–Crippen LogP) is 2.56. The average Bonchev–Trinajstić information content (AvgIpc) is 2.41. The van der Waals surface area contributed by atoms with Crippen molar-refractivity contribution in [3.63, 3.8) is 0 Å². The lowest BCUT2D eigenvalue weighted by Crippen LogP contribution is -2.51. The van der Waals surface area contributed by atoms with Gasteiger partial charge in [0.2, 0.25) is 0 Å². The number of ether oxygens (including phenoxy) is 1. The van der Waals surface area contributed by atoms with Crippen LogP contribution in [0, 0.1) is 0 Å². The first-order chi connectivity index (χ1) is 9.04. The number of anilines is 1. The molecule has 1 fully saturated rings. The molecule has 0 aliphatic carbocycles. The molecule has 1 saturated heterocycles. The third-order valence-electron chi connectivity index (χ3n) is 3.46. The van der Waals surface area contributed by atoms with Crippen molar-refractivity contribution in [1.29, 1.82) is 0 Å². The number of amides is 1. The van der Waals surface area contributed by atoms with Crippen molar-refractivity contribution < 1.29 is 9.53 Å². The quantitative estimate of drug-likeness (QED) is 0.848. The van der Waals surface area contributed by atoms with Gasteiger partial charge in [0.05, 0.1) is 35.0 Å². The van der Waals surface area contributed by atoms with Gasteiger partial charge in [-0.1, -0.05) is 24.6 Å². The van der Waals surface area contributed by atoms with Crippen molar-refractivity contribution in [2.45, 2.75) is 32.4 Å². The zero-order valence-corrected chi connectivity index (χ0v) is 12.0.